The number of halogens is 1. The first-order chi connectivity index (χ1) is 9.15. The normalized spacial score (nSPS) is 17.2. The van der Waals surface area contributed by atoms with Crippen LogP contribution < -0.4 is 20.1 Å². The molecule has 0 bridgehead atoms. The highest BCUT2D eigenvalue weighted by molar-refractivity contribution is 5.95. The molecule has 1 aromatic rings. The number of benzene rings is 1. The van der Waals surface area contributed by atoms with E-state index in [4.69, 9.17) is 9.47 Å². The molecule has 2 N–H and O–H groups in total. The molecular weight excluding hydrogens is 280 g/mol. The fraction of sp³-hybridized carbons (Fsp3) is 0.500. The molecule has 20 heavy (non-hydrogen) atoms. The second-order valence-electron chi connectivity index (χ2n) is 4.67. The lowest BCUT2D eigenvalue weighted by Crippen LogP contribution is -2.36. The Kier molecular flexibility index (Phi) is 6.10. The van der Waals surface area contributed by atoms with E-state index in [0.29, 0.717) is 17.1 Å². The number of methoxy groups -OCH3 is 2. The van der Waals surface area contributed by atoms with Gasteiger partial charge in [0.15, 0.2) is 0 Å². The van der Waals surface area contributed by atoms with Crippen LogP contribution in [0.15, 0.2) is 12.1 Å². The van der Waals surface area contributed by atoms with Crippen LogP contribution in [-0.2, 0) is 0 Å². The molecular formula is C14H21ClN2O3. The van der Waals surface area contributed by atoms with Crippen molar-refractivity contribution in [3.63, 3.8) is 0 Å². The molecule has 6 heteroatoms. The Morgan fingerprint density at radius 1 is 1.30 bits per heavy atom. The number of amides is 1. The Morgan fingerprint density at radius 3 is 2.35 bits per heavy atom. The van der Waals surface area contributed by atoms with E-state index in [9.17, 15) is 4.79 Å². The maximum absolute atomic E-state index is 12.2. The van der Waals surface area contributed by atoms with Crippen LogP contribution in [0.3, 0.4) is 0 Å². The van der Waals surface area contributed by atoms with E-state index in [1.54, 1.807) is 26.4 Å². The van der Waals surface area contributed by atoms with Crippen molar-refractivity contribution in [1.82, 2.24) is 10.6 Å². The smallest absolute Gasteiger partial charge is 0.251 e. The quantitative estimate of drug-likeness (QED) is 0.885. The summed E-state index contributed by atoms with van der Waals surface area (Å²) in [5, 5.41) is 6.22. The molecule has 1 saturated heterocycles. The van der Waals surface area contributed by atoms with Crippen LogP contribution in [0.25, 0.3) is 0 Å². The Labute approximate surface area is 125 Å². The summed E-state index contributed by atoms with van der Waals surface area (Å²) in [7, 11) is 3.18. The molecule has 1 unspecified atom stereocenters. The molecule has 0 radical (unpaired) electrons. The fourth-order valence-electron chi connectivity index (χ4n) is 2.26. The van der Waals surface area contributed by atoms with Gasteiger partial charge in [0.1, 0.15) is 11.5 Å². The lowest BCUT2D eigenvalue weighted by atomic mass is 10.1. The molecule has 1 heterocycles. The number of carbonyl (C=O) groups excluding carboxylic acids is 1. The van der Waals surface area contributed by atoms with Crippen molar-refractivity contribution < 1.29 is 14.3 Å². The third-order valence-corrected chi connectivity index (χ3v) is 3.41. The summed E-state index contributed by atoms with van der Waals surface area (Å²) in [5.74, 6) is 1.23. The van der Waals surface area contributed by atoms with Gasteiger partial charge in [-0.2, -0.15) is 0 Å². The maximum atomic E-state index is 12.2. The minimum absolute atomic E-state index is 0. The van der Waals surface area contributed by atoms with Crippen LogP contribution in [0, 0.1) is 6.92 Å². The average Bonchev–Trinajstić information content (AvgIpc) is 2.91. The zero-order valence-electron chi connectivity index (χ0n) is 12.0. The van der Waals surface area contributed by atoms with E-state index in [2.05, 4.69) is 10.6 Å². The van der Waals surface area contributed by atoms with Crippen LogP contribution in [0.5, 0.6) is 11.5 Å². The first-order valence-electron chi connectivity index (χ1n) is 6.40. The van der Waals surface area contributed by atoms with Crippen molar-refractivity contribution in [2.75, 3.05) is 27.3 Å². The Hall–Kier alpha value is -1.46. The fourth-order valence-corrected chi connectivity index (χ4v) is 2.26. The molecule has 0 aliphatic carbocycles. The van der Waals surface area contributed by atoms with Gasteiger partial charge in [0, 0.05) is 23.7 Å². The molecule has 5 nitrogen and oxygen atoms in total. The van der Waals surface area contributed by atoms with Gasteiger partial charge in [-0.05, 0) is 32.0 Å². The zero-order valence-corrected chi connectivity index (χ0v) is 12.8. The van der Waals surface area contributed by atoms with Crippen LogP contribution >= 0.6 is 12.4 Å². The predicted octanol–water partition coefficient (Wildman–Crippen LogP) is 1.53. The van der Waals surface area contributed by atoms with Crippen LogP contribution in [0.4, 0.5) is 0 Å². The van der Waals surface area contributed by atoms with E-state index in [1.807, 2.05) is 6.92 Å². The number of rotatable bonds is 4. The Morgan fingerprint density at radius 2 is 1.90 bits per heavy atom. The minimum atomic E-state index is -0.0923. The van der Waals surface area contributed by atoms with Gasteiger partial charge < -0.3 is 20.1 Å². The van der Waals surface area contributed by atoms with Gasteiger partial charge in [0.25, 0.3) is 5.91 Å². The van der Waals surface area contributed by atoms with Crippen molar-refractivity contribution in [3.8, 4) is 11.5 Å². The highest BCUT2D eigenvalue weighted by atomic mass is 35.5. The molecule has 0 saturated carbocycles. The van der Waals surface area contributed by atoms with Gasteiger partial charge in [-0.15, -0.1) is 12.4 Å². The van der Waals surface area contributed by atoms with Gasteiger partial charge in [-0.25, -0.2) is 0 Å². The van der Waals surface area contributed by atoms with Gasteiger partial charge in [-0.3, -0.25) is 4.79 Å². The second-order valence-corrected chi connectivity index (χ2v) is 4.67. The summed E-state index contributed by atoms with van der Waals surface area (Å²) >= 11 is 0. The number of nitrogens with one attached hydrogen (secondary N) is 2. The third kappa shape index (κ3) is 3.55. The highest BCUT2D eigenvalue weighted by Gasteiger charge is 2.19. The van der Waals surface area contributed by atoms with Crippen molar-refractivity contribution in [1.29, 1.82) is 0 Å². The van der Waals surface area contributed by atoms with Crippen LogP contribution in [0.1, 0.15) is 22.3 Å². The molecule has 1 fully saturated rings. The molecule has 1 atom stereocenters. The lowest BCUT2D eigenvalue weighted by molar-refractivity contribution is 0.0939. The van der Waals surface area contributed by atoms with Crippen molar-refractivity contribution >= 4 is 18.3 Å². The number of hydrogen-bond donors (Lipinski definition) is 2. The highest BCUT2D eigenvalue weighted by Crippen LogP contribution is 2.29. The summed E-state index contributed by atoms with van der Waals surface area (Å²) < 4.78 is 10.6. The molecule has 1 amide bonds. The van der Waals surface area contributed by atoms with E-state index < -0.39 is 0 Å². The topological polar surface area (TPSA) is 59.6 Å². The summed E-state index contributed by atoms with van der Waals surface area (Å²) in [6.45, 7) is 3.68. The second kappa shape index (κ2) is 7.36. The number of carbonyl (C=O) groups is 1. The Balaban J connectivity index is 0.00000200. The molecule has 1 aliphatic heterocycles. The maximum Gasteiger partial charge on any atom is 0.251 e. The summed E-state index contributed by atoms with van der Waals surface area (Å²) in [4.78, 5) is 12.2. The predicted molar refractivity (Wildman–Crippen MR) is 80.3 cm³/mol. The largest absolute Gasteiger partial charge is 0.496 e. The molecule has 112 valence electrons. The van der Waals surface area contributed by atoms with E-state index in [1.165, 1.54) is 0 Å². The van der Waals surface area contributed by atoms with Crippen molar-refractivity contribution in [2.45, 2.75) is 19.4 Å². The first-order valence-corrected chi connectivity index (χ1v) is 6.40. The van der Waals surface area contributed by atoms with Crippen LogP contribution in [0.2, 0.25) is 0 Å². The average molecular weight is 301 g/mol. The van der Waals surface area contributed by atoms with Crippen molar-refractivity contribution in [3.05, 3.63) is 23.3 Å². The third-order valence-electron chi connectivity index (χ3n) is 3.41. The van der Waals surface area contributed by atoms with Gasteiger partial charge in [0.2, 0.25) is 0 Å². The van der Waals surface area contributed by atoms with Crippen LogP contribution in [-0.4, -0.2) is 39.3 Å². The van der Waals surface area contributed by atoms with Crippen molar-refractivity contribution in [2.24, 2.45) is 0 Å². The zero-order chi connectivity index (χ0) is 13.8. The lowest BCUT2D eigenvalue weighted by Gasteiger charge is -2.15. The summed E-state index contributed by atoms with van der Waals surface area (Å²) in [6.07, 6.45) is 0.964. The first kappa shape index (κ1) is 16.6. The molecule has 1 aromatic carbocycles. The number of ether oxygens (including phenoxy) is 2. The summed E-state index contributed by atoms with van der Waals surface area (Å²) in [5.41, 5.74) is 1.45. The molecule has 2 rings (SSSR count). The van der Waals surface area contributed by atoms with E-state index >= 15 is 0 Å². The minimum Gasteiger partial charge on any atom is -0.496 e. The molecule has 0 aromatic heterocycles. The Bertz CT molecular complexity index is 448. The van der Waals surface area contributed by atoms with Gasteiger partial charge in [0.05, 0.1) is 14.2 Å². The monoisotopic (exact) mass is 300 g/mol. The number of hydrogen-bond acceptors (Lipinski definition) is 4. The van der Waals surface area contributed by atoms with Gasteiger partial charge in [-0.1, -0.05) is 0 Å². The molecule has 0 spiro atoms. The standard InChI is InChI=1S/C14H20N2O3.ClH/c1-9-12(18-2)6-10(7-13(9)19-3)14(17)16-11-4-5-15-8-11;/h6-7,11,15H,4-5,8H2,1-3H3,(H,16,17);1H. The van der Waals surface area contributed by atoms with Gasteiger partial charge >= 0.3 is 0 Å². The molecule has 1 aliphatic rings. The van der Waals surface area contributed by atoms with E-state index in [-0.39, 0.29) is 24.4 Å². The SMILES string of the molecule is COc1cc(C(=O)NC2CCNC2)cc(OC)c1C.Cl. The summed E-state index contributed by atoms with van der Waals surface area (Å²) in [6, 6.07) is 3.69. The van der Waals surface area contributed by atoms with E-state index in [0.717, 1.165) is 25.1 Å².